The van der Waals surface area contributed by atoms with Crippen molar-refractivity contribution in [2.75, 3.05) is 6.61 Å². The highest BCUT2D eigenvalue weighted by Crippen LogP contribution is 2.70. The molecule has 162 valence electrons. The van der Waals surface area contributed by atoms with Gasteiger partial charge in [0.2, 0.25) is 0 Å². The lowest BCUT2D eigenvalue weighted by atomic mass is 9.43. The molecule has 0 bridgehead atoms. The molecule has 0 aliphatic heterocycles. The molecule has 0 aromatic rings. The molecule has 0 heterocycles. The number of ketones is 2. The van der Waals surface area contributed by atoms with Crippen molar-refractivity contribution in [2.45, 2.75) is 75.6 Å². The van der Waals surface area contributed by atoms with E-state index in [-0.39, 0.29) is 43.5 Å². The van der Waals surface area contributed by atoms with Crippen LogP contribution in [0.1, 0.15) is 46.0 Å². The van der Waals surface area contributed by atoms with Gasteiger partial charge in [0.15, 0.2) is 17.2 Å². The second-order valence-corrected chi connectivity index (χ2v) is 9.82. The first-order valence-electron chi connectivity index (χ1n) is 10.2. The minimum Gasteiger partial charge on any atom is -0.390 e. The summed E-state index contributed by atoms with van der Waals surface area (Å²) in [6.45, 7) is 2.03. The number of allylic oxidation sites excluding steroid dienone is 1. The van der Waals surface area contributed by atoms with Crippen molar-refractivity contribution in [2.24, 2.45) is 22.7 Å². The number of Topliss-reactive ketones (excluding diaryl/α,β-unsaturated/α-hetero) is 1. The summed E-state index contributed by atoms with van der Waals surface area (Å²) in [4.78, 5) is 24.3. The average Bonchev–Trinajstić information content (AvgIpc) is 2.86. The van der Waals surface area contributed by atoms with Crippen LogP contribution in [0.3, 0.4) is 0 Å². The fourth-order valence-electron chi connectivity index (χ4n) is 7.20. The fraction of sp³-hybridized carbons (Fsp3) is 0.810. The van der Waals surface area contributed by atoms with Crippen molar-refractivity contribution in [3.8, 4) is 0 Å². The molecule has 4 aliphatic carbocycles. The van der Waals surface area contributed by atoms with E-state index in [0.717, 1.165) is 0 Å². The standard InChI is InChI=1S/C21H28F2O6/c1-18-4-3-10(25)5-13(18)14(22)6-12-11-7-15(26)21(29,17(28)9-24)19(11,2)8-16(27)20(12,18)23/h5,11-12,14-16,24,26-27,29H,3-4,6-9H2,1-2H3/t11-,12-,14?,15?,16?,18-,19-,20-,21-/m0/s1. The van der Waals surface area contributed by atoms with Crippen LogP contribution in [0.4, 0.5) is 8.78 Å². The van der Waals surface area contributed by atoms with E-state index in [2.05, 4.69) is 0 Å². The number of halogens is 2. The molecule has 0 aromatic heterocycles. The summed E-state index contributed by atoms with van der Waals surface area (Å²) in [5, 5.41) is 42.1. The number of fused-ring (bicyclic) bond motifs is 5. The van der Waals surface area contributed by atoms with Crippen LogP contribution in [0.25, 0.3) is 0 Å². The molecule has 0 saturated heterocycles. The highest BCUT2D eigenvalue weighted by Gasteiger charge is 2.77. The minimum absolute atomic E-state index is 0.0509. The summed E-state index contributed by atoms with van der Waals surface area (Å²) in [5.74, 6) is -3.09. The zero-order valence-electron chi connectivity index (χ0n) is 16.6. The van der Waals surface area contributed by atoms with Gasteiger partial charge in [-0.25, -0.2) is 8.78 Å². The summed E-state index contributed by atoms with van der Waals surface area (Å²) in [6, 6.07) is 0. The first-order valence-corrected chi connectivity index (χ1v) is 10.2. The molecule has 0 amide bonds. The molecule has 9 atom stereocenters. The number of hydrogen-bond donors (Lipinski definition) is 4. The molecule has 8 heteroatoms. The van der Waals surface area contributed by atoms with Gasteiger partial charge < -0.3 is 20.4 Å². The van der Waals surface area contributed by atoms with Crippen LogP contribution in [-0.4, -0.2) is 68.2 Å². The second kappa shape index (κ2) is 6.15. The Morgan fingerprint density at radius 3 is 2.48 bits per heavy atom. The Morgan fingerprint density at radius 2 is 1.86 bits per heavy atom. The Labute approximate surface area is 167 Å². The van der Waals surface area contributed by atoms with E-state index in [1.54, 1.807) is 0 Å². The molecule has 4 N–H and O–H groups in total. The van der Waals surface area contributed by atoms with Crippen molar-refractivity contribution < 1.29 is 38.8 Å². The van der Waals surface area contributed by atoms with Crippen LogP contribution in [0.2, 0.25) is 0 Å². The molecule has 3 unspecified atom stereocenters. The van der Waals surface area contributed by atoms with Gasteiger partial charge >= 0.3 is 0 Å². The van der Waals surface area contributed by atoms with Gasteiger partial charge in [-0.2, -0.15) is 0 Å². The molecular weight excluding hydrogens is 386 g/mol. The first kappa shape index (κ1) is 21.0. The molecule has 4 aliphatic rings. The van der Waals surface area contributed by atoms with E-state index in [1.165, 1.54) is 19.9 Å². The van der Waals surface area contributed by atoms with E-state index in [4.69, 9.17) is 0 Å². The third kappa shape index (κ3) is 2.23. The lowest BCUT2D eigenvalue weighted by molar-refractivity contribution is -0.235. The van der Waals surface area contributed by atoms with Crippen molar-refractivity contribution >= 4 is 11.6 Å². The largest absolute Gasteiger partial charge is 0.390 e. The van der Waals surface area contributed by atoms with Crippen LogP contribution in [0.15, 0.2) is 11.6 Å². The Balaban J connectivity index is 1.86. The summed E-state index contributed by atoms with van der Waals surface area (Å²) in [7, 11) is 0. The number of hydrogen-bond acceptors (Lipinski definition) is 6. The smallest absolute Gasteiger partial charge is 0.192 e. The van der Waals surface area contributed by atoms with Gasteiger partial charge in [-0.05, 0) is 43.3 Å². The summed E-state index contributed by atoms with van der Waals surface area (Å²) in [6.07, 6.45) is -4.26. The summed E-state index contributed by atoms with van der Waals surface area (Å²) in [5.41, 5.74) is -7.36. The number of carbonyl (C=O) groups is 2. The predicted molar refractivity (Wildman–Crippen MR) is 97.2 cm³/mol. The van der Waals surface area contributed by atoms with E-state index >= 15 is 8.78 Å². The molecule has 0 radical (unpaired) electrons. The molecule has 3 fully saturated rings. The maximum atomic E-state index is 16.8. The molecule has 4 rings (SSSR count). The monoisotopic (exact) mass is 414 g/mol. The van der Waals surface area contributed by atoms with Gasteiger partial charge in [-0.15, -0.1) is 0 Å². The summed E-state index contributed by atoms with van der Waals surface area (Å²) < 4.78 is 32.0. The molecule has 6 nitrogen and oxygen atoms in total. The predicted octanol–water partition coefficient (Wildman–Crippen LogP) is 0.792. The van der Waals surface area contributed by atoms with Crippen molar-refractivity contribution in [1.29, 1.82) is 0 Å². The molecule has 0 spiro atoms. The number of rotatable bonds is 2. The third-order valence-corrected chi connectivity index (χ3v) is 8.81. The Kier molecular flexibility index (Phi) is 4.46. The first-order chi connectivity index (χ1) is 13.4. The van der Waals surface area contributed by atoms with E-state index < -0.39 is 64.7 Å². The van der Waals surface area contributed by atoms with Gasteiger partial charge in [0, 0.05) is 23.2 Å². The number of carbonyl (C=O) groups excluding carboxylic acids is 2. The quantitative estimate of drug-likeness (QED) is 0.531. The topological polar surface area (TPSA) is 115 Å². The lowest BCUT2D eigenvalue weighted by Gasteiger charge is -2.63. The normalized spacial score (nSPS) is 54.3. The van der Waals surface area contributed by atoms with Gasteiger partial charge in [0.1, 0.15) is 18.4 Å². The van der Waals surface area contributed by atoms with E-state index in [0.29, 0.717) is 0 Å². The third-order valence-electron chi connectivity index (χ3n) is 8.81. The maximum absolute atomic E-state index is 16.8. The van der Waals surface area contributed by atoms with E-state index in [1.807, 2.05) is 0 Å². The van der Waals surface area contributed by atoms with Crippen molar-refractivity contribution in [1.82, 2.24) is 0 Å². The second-order valence-electron chi connectivity index (χ2n) is 9.82. The minimum atomic E-state index is -2.35. The fourth-order valence-corrected chi connectivity index (χ4v) is 7.20. The van der Waals surface area contributed by atoms with Crippen LogP contribution >= 0.6 is 0 Å². The maximum Gasteiger partial charge on any atom is 0.192 e. The molecule has 3 saturated carbocycles. The molecular formula is C21H28F2O6. The lowest BCUT2D eigenvalue weighted by Crippen LogP contribution is -2.71. The van der Waals surface area contributed by atoms with Crippen molar-refractivity contribution in [3.63, 3.8) is 0 Å². The number of aliphatic hydroxyl groups excluding tert-OH is 3. The molecule has 29 heavy (non-hydrogen) atoms. The molecule has 0 aromatic carbocycles. The Morgan fingerprint density at radius 1 is 1.21 bits per heavy atom. The van der Waals surface area contributed by atoms with Gasteiger partial charge in [0.05, 0.1) is 12.2 Å². The highest BCUT2D eigenvalue weighted by molar-refractivity contribution is 5.92. The van der Waals surface area contributed by atoms with E-state index in [9.17, 15) is 30.0 Å². The van der Waals surface area contributed by atoms with Gasteiger partial charge in [-0.1, -0.05) is 13.8 Å². The van der Waals surface area contributed by atoms with Crippen LogP contribution in [0, 0.1) is 22.7 Å². The van der Waals surface area contributed by atoms with Crippen LogP contribution in [0.5, 0.6) is 0 Å². The SMILES string of the molecule is C[C@]12CCC(=O)C=C1C(F)C[C@H]1[C@@H]3CC(O)[C@](O)(C(=O)CO)[C@@]3(C)CC(O)[C@@]12F. The highest BCUT2D eigenvalue weighted by atomic mass is 19.1. The van der Waals surface area contributed by atoms with Crippen LogP contribution in [-0.2, 0) is 9.59 Å². The zero-order chi connectivity index (χ0) is 21.6. The number of alkyl halides is 2. The Hall–Kier alpha value is -1.22. The van der Waals surface area contributed by atoms with Gasteiger partial charge in [-0.3, -0.25) is 9.59 Å². The number of aliphatic hydroxyl groups is 4. The summed E-state index contributed by atoms with van der Waals surface area (Å²) >= 11 is 0. The van der Waals surface area contributed by atoms with Crippen LogP contribution < -0.4 is 0 Å². The zero-order valence-corrected chi connectivity index (χ0v) is 16.6. The average molecular weight is 414 g/mol. The Bertz CT molecular complexity index is 800. The van der Waals surface area contributed by atoms with Gasteiger partial charge in [0.25, 0.3) is 0 Å². The van der Waals surface area contributed by atoms with Crippen molar-refractivity contribution in [3.05, 3.63) is 11.6 Å².